The standard InChI is InChI=1S/C22H25N3O6/c1-3-30-19-12-7-16(14-20(19)31-4-2)22(27)24(15-23-13-5-6-21(23)26)17-8-10-18(11-9-17)25(28)29/h7-12,14H,3-6,13,15H2,1-2H3. The van der Waals surface area contributed by atoms with E-state index < -0.39 is 4.92 Å². The molecule has 3 rings (SSSR count). The lowest BCUT2D eigenvalue weighted by atomic mass is 10.1. The van der Waals surface area contributed by atoms with Crippen LogP contribution in [0.5, 0.6) is 11.5 Å². The molecule has 2 amide bonds. The lowest BCUT2D eigenvalue weighted by Gasteiger charge is -2.28. The highest BCUT2D eigenvalue weighted by atomic mass is 16.6. The van der Waals surface area contributed by atoms with E-state index in [9.17, 15) is 19.7 Å². The smallest absolute Gasteiger partial charge is 0.269 e. The number of hydrogen-bond acceptors (Lipinski definition) is 6. The summed E-state index contributed by atoms with van der Waals surface area (Å²) in [5, 5.41) is 11.0. The number of rotatable bonds is 9. The zero-order chi connectivity index (χ0) is 22.4. The quantitative estimate of drug-likeness (QED) is 0.447. The number of hydrogen-bond donors (Lipinski definition) is 0. The van der Waals surface area contributed by atoms with Gasteiger partial charge in [0, 0.05) is 36.3 Å². The number of ether oxygens (including phenoxy) is 2. The Kier molecular flexibility index (Phi) is 7.07. The van der Waals surface area contributed by atoms with Crippen LogP contribution >= 0.6 is 0 Å². The van der Waals surface area contributed by atoms with Gasteiger partial charge in [0.1, 0.15) is 6.67 Å². The molecule has 31 heavy (non-hydrogen) atoms. The molecule has 0 aromatic heterocycles. The van der Waals surface area contributed by atoms with Gasteiger partial charge in [0.15, 0.2) is 11.5 Å². The van der Waals surface area contributed by atoms with Crippen LogP contribution in [0.4, 0.5) is 11.4 Å². The normalized spacial score (nSPS) is 13.2. The molecule has 0 spiro atoms. The van der Waals surface area contributed by atoms with Crippen molar-refractivity contribution in [3.63, 3.8) is 0 Å². The first kappa shape index (κ1) is 22.1. The molecule has 164 valence electrons. The number of carbonyl (C=O) groups excluding carboxylic acids is 2. The maximum Gasteiger partial charge on any atom is 0.269 e. The van der Waals surface area contributed by atoms with E-state index in [-0.39, 0.29) is 24.2 Å². The van der Waals surface area contributed by atoms with Gasteiger partial charge < -0.3 is 14.4 Å². The Morgan fingerprint density at radius 1 is 1.10 bits per heavy atom. The SMILES string of the molecule is CCOc1ccc(C(=O)N(CN2CCCC2=O)c2ccc([N+](=O)[O-])cc2)cc1OCC. The van der Waals surface area contributed by atoms with Crippen molar-refractivity contribution in [3.05, 3.63) is 58.1 Å². The monoisotopic (exact) mass is 427 g/mol. The molecule has 2 aromatic carbocycles. The van der Waals surface area contributed by atoms with Crippen LogP contribution in [0.1, 0.15) is 37.0 Å². The number of nitrogens with zero attached hydrogens (tertiary/aromatic N) is 3. The second-order valence-electron chi connectivity index (χ2n) is 6.94. The third-order valence-electron chi connectivity index (χ3n) is 4.89. The fraction of sp³-hybridized carbons (Fsp3) is 0.364. The molecule has 1 aliphatic heterocycles. The van der Waals surface area contributed by atoms with Gasteiger partial charge in [-0.2, -0.15) is 0 Å². The van der Waals surface area contributed by atoms with Crippen molar-refractivity contribution in [3.8, 4) is 11.5 Å². The fourth-order valence-corrected chi connectivity index (χ4v) is 3.38. The van der Waals surface area contributed by atoms with Crippen LogP contribution in [0.15, 0.2) is 42.5 Å². The van der Waals surface area contributed by atoms with E-state index >= 15 is 0 Å². The Labute approximate surface area is 180 Å². The summed E-state index contributed by atoms with van der Waals surface area (Å²) in [6.07, 6.45) is 1.18. The Balaban J connectivity index is 1.95. The van der Waals surface area contributed by atoms with E-state index in [0.29, 0.717) is 48.9 Å². The maximum absolute atomic E-state index is 13.4. The Bertz CT molecular complexity index is 960. The van der Waals surface area contributed by atoms with Gasteiger partial charge in [-0.15, -0.1) is 0 Å². The summed E-state index contributed by atoms with van der Waals surface area (Å²) in [5.41, 5.74) is 0.743. The predicted molar refractivity (Wildman–Crippen MR) is 114 cm³/mol. The summed E-state index contributed by atoms with van der Waals surface area (Å²) in [6.45, 7) is 5.19. The number of carbonyl (C=O) groups is 2. The zero-order valence-electron chi connectivity index (χ0n) is 17.6. The number of amides is 2. The van der Waals surface area contributed by atoms with Crippen LogP contribution < -0.4 is 14.4 Å². The molecule has 0 unspecified atom stereocenters. The number of likely N-dealkylation sites (tertiary alicyclic amines) is 1. The molecule has 2 aromatic rings. The van der Waals surface area contributed by atoms with Gasteiger partial charge in [0.2, 0.25) is 5.91 Å². The van der Waals surface area contributed by atoms with Gasteiger partial charge in [0.05, 0.1) is 18.1 Å². The third kappa shape index (κ3) is 5.11. The van der Waals surface area contributed by atoms with Crippen LogP contribution in [-0.2, 0) is 4.79 Å². The minimum absolute atomic E-state index is 0.0265. The number of anilines is 1. The molecular weight excluding hydrogens is 402 g/mol. The molecule has 9 nitrogen and oxygen atoms in total. The minimum Gasteiger partial charge on any atom is -0.490 e. The summed E-state index contributed by atoms with van der Waals surface area (Å²) in [5.74, 6) is 0.618. The van der Waals surface area contributed by atoms with Gasteiger partial charge >= 0.3 is 0 Å². The number of nitro benzene ring substituents is 1. The summed E-state index contributed by atoms with van der Waals surface area (Å²) in [4.78, 5) is 39.1. The fourth-order valence-electron chi connectivity index (χ4n) is 3.38. The van der Waals surface area contributed by atoms with Crippen molar-refractivity contribution < 1.29 is 24.0 Å². The van der Waals surface area contributed by atoms with E-state index in [1.54, 1.807) is 23.1 Å². The largest absolute Gasteiger partial charge is 0.490 e. The van der Waals surface area contributed by atoms with E-state index in [1.165, 1.54) is 29.2 Å². The molecule has 1 fully saturated rings. The predicted octanol–water partition coefficient (Wildman–Crippen LogP) is 3.62. The molecule has 0 aliphatic carbocycles. The molecule has 0 N–H and O–H groups in total. The lowest BCUT2D eigenvalue weighted by molar-refractivity contribution is -0.384. The average molecular weight is 427 g/mol. The van der Waals surface area contributed by atoms with Crippen LogP contribution in [0, 0.1) is 10.1 Å². The minimum atomic E-state index is -0.499. The van der Waals surface area contributed by atoms with Crippen molar-refractivity contribution in [2.45, 2.75) is 26.7 Å². The van der Waals surface area contributed by atoms with Crippen LogP contribution in [0.3, 0.4) is 0 Å². The Morgan fingerprint density at radius 3 is 2.35 bits per heavy atom. The molecule has 0 bridgehead atoms. The first-order valence-corrected chi connectivity index (χ1v) is 10.2. The van der Waals surface area contributed by atoms with Crippen molar-refractivity contribution in [2.24, 2.45) is 0 Å². The molecule has 0 atom stereocenters. The van der Waals surface area contributed by atoms with E-state index in [1.807, 2.05) is 13.8 Å². The highest BCUT2D eigenvalue weighted by Gasteiger charge is 2.27. The van der Waals surface area contributed by atoms with E-state index in [2.05, 4.69) is 0 Å². The first-order chi connectivity index (χ1) is 14.9. The second kappa shape index (κ2) is 9.92. The summed E-state index contributed by atoms with van der Waals surface area (Å²) >= 11 is 0. The maximum atomic E-state index is 13.4. The highest BCUT2D eigenvalue weighted by molar-refractivity contribution is 6.06. The number of non-ortho nitro benzene ring substituents is 1. The highest BCUT2D eigenvalue weighted by Crippen LogP contribution is 2.30. The van der Waals surface area contributed by atoms with Crippen LogP contribution in [0.25, 0.3) is 0 Å². The van der Waals surface area contributed by atoms with Gasteiger partial charge in [-0.05, 0) is 50.6 Å². The van der Waals surface area contributed by atoms with Crippen molar-refractivity contribution in [1.82, 2.24) is 4.90 Å². The lowest BCUT2D eigenvalue weighted by Crippen LogP contribution is -2.42. The second-order valence-corrected chi connectivity index (χ2v) is 6.94. The van der Waals surface area contributed by atoms with Crippen molar-refractivity contribution in [2.75, 3.05) is 31.3 Å². The average Bonchev–Trinajstić information content (AvgIpc) is 3.17. The van der Waals surface area contributed by atoms with E-state index in [4.69, 9.17) is 9.47 Å². The molecule has 0 radical (unpaired) electrons. The van der Waals surface area contributed by atoms with Gasteiger partial charge in [-0.1, -0.05) is 0 Å². The number of benzene rings is 2. The Hall–Kier alpha value is -3.62. The van der Waals surface area contributed by atoms with E-state index in [0.717, 1.165) is 6.42 Å². The molecule has 9 heteroatoms. The molecule has 0 saturated carbocycles. The van der Waals surface area contributed by atoms with Gasteiger partial charge in [-0.25, -0.2) is 0 Å². The molecule has 1 heterocycles. The number of nitro groups is 1. The van der Waals surface area contributed by atoms with Crippen molar-refractivity contribution >= 4 is 23.2 Å². The van der Waals surface area contributed by atoms with Crippen LogP contribution in [0.2, 0.25) is 0 Å². The summed E-state index contributed by atoms with van der Waals surface area (Å²) in [7, 11) is 0. The van der Waals surface area contributed by atoms with Crippen LogP contribution in [-0.4, -0.2) is 48.1 Å². The zero-order valence-corrected chi connectivity index (χ0v) is 17.6. The topological polar surface area (TPSA) is 102 Å². The first-order valence-electron chi connectivity index (χ1n) is 10.2. The van der Waals surface area contributed by atoms with Gasteiger partial charge in [-0.3, -0.25) is 24.6 Å². The Morgan fingerprint density at radius 2 is 1.77 bits per heavy atom. The third-order valence-corrected chi connectivity index (χ3v) is 4.89. The summed E-state index contributed by atoms with van der Waals surface area (Å²) in [6, 6.07) is 10.6. The molecule has 1 aliphatic rings. The summed E-state index contributed by atoms with van der Waals surface area (Å²) < 4.78 is 11.2. The van der Waals surface area contributed by atoms with Crippen molar-refractivity contribution in [1.29, 1.82) is 0 Å². The molecular formula is C22H25N3O6. The van der Waals surface area contributed by atoms with Gasteiger partial charge in [0.25, 0.3) is 11.6 Å². The molecule has 1 saturated heterocycles.